The van der Waals surface area contributed by atoms with Crippen molar-refractivity contribution in [3.05, 3.63) is 28.7 Å². The molecule has 1 heterocycles. The van der Waals surface area contributed by atoms with Crippen molar-refractivity contribution in [1.29, 1.82) is 0 Å². The molecule has 0 spiro atoms. The lowest BCUT2D eigenvalue weighted by Crippen LogP contribution is -2.42. The van der Waals surface area contributed by atoms with Crippen molar-refractivity contribution >= 4 is 21.8 Å². The number of nitrogens with zero attached hydrogens (tertiary/aromatic N) is 5. The molecule has 0 radical (unpaired) electrons. The monoisotopic (exact) mass is 391 g/mol. The number of carbonyl (C=O) groups excluding carboxylic acids is 1. The molecule has 0 saturated heterocycles. The molecular formula is C17H22BrN5O. The number of hydrogen-bond donors (Lipinski definition) is 0. The van der Waals surface area contributed by atoms with Crippen LogP contribution in [0.3, 0.4) is 0 Å². The second-order valence-corrected chi connectivity index (χ2v) is 7.27. The second-order valence-electron chi connectivity index (χ2n) is 6.36. The lowest BCUT2D eigenvalue weighted by Gasteiger charge is -2.32. The Kier molecular flexibility index (Phi) is 5.28. The summed E-state index contributed by atoms with van der Waals surface area (Å²) < 4.78 is 0.997. The zero-order valence-electron chi connectivity index (χ0n) is 14.0. The molecule has 6 nitrogen and oxygen atoms in total. The van der Waals surface area contributed by atoms with Crippen LogP contribution in [0.15, 0.2) is 28.7 Å². The number of rotatable bonds is 4. The van der Waals surface area contributed by atoms with Crippen molar-refractivity contribution in [3.63, 3.8) is 0 Å². The van der Waals surface area contributed by atoms with Crippen molar-refractivity contribution in [2.24, 2.45) is 0 Å². The van der Waals surface area contributed by atoms with E-state index in [2.05, 4.69) is 31.3 Å². The van der Waals surface area contributed by atoms with E-state index >= 15 is 0 Å². The highest BCUT2D eigenvalue weighted by molar-refractivity contribution is 9.10. The smallest absolute Gasteiger partial charge is 0.249 e. The van der Waals surface area contributed by atoms with E-state index in [0.717, 1.165) is 22.9 Å². The topological polar surface area (TPSA) is 63.9 Å². The fraction of sp³-hybridized carbons (Fsp3) is 0.529. The third-order valence-electron chi connectivity index (χ3n) is 4.70. The van der Waals surface area contributed by atoms with Crippen molar-refractivity contribution in [1.82, 2.24) is 25.1 Å². The predicted molar refractivity (Wildman–Crippen MR) is 95.3 cm³/mol. The Hall–Kier alpha value is -1.76. The van der Waals surface area contributed by atoms with Crippen molar-refractivity contribution in [2.45, 2.75) is 51.1 Å². The Morgan fingerprint density at radius 3 is 2.58 bits per heavy atom. The van der Waals surface area contributed by atoms with Gasteiger partial charge in [0.05, 0.1) is 0 Å². The van der Waals surface area contributed by atoms with Crippen LogP contribution in [0.2, 0.25) is 0 Å². The summed E-state index contributed by atoms with van der Waals surface area (Å²) in [6.45, 7) is 1.83. The van der Waals surface area contributed by atoms with Crippen LogP contribution in [-0.4, -0.2) is 44.1 Å². The molecule has 1 aliphatic rings. The maximum Gasteiger partial charge on any atom is 0.249 e. The van der Waals surface area contributed by atoms with Gasteiger partial charge in [0, 0.05) is 23.1 Å². The van der Waals surface area contributed by atoms with Gasteiger partial charge in [0.25, 0.3) is 0 Å². The summed E-state index contributed by atoms with van der Waals surface area (Å²) in [7, 11) is 1.89. The average molecular weight is 392 g/mol. The van der Waals surface area contributed by atoms with Crippen molar-refractivity contribution in [2.75, 3.05) is 7.05 Å². The fourth-order valence-corrected chi connectivity index (χ4v) is 3.41. The van der Waals surface area contributed by atoms with E-state index in [1.165, 1.54) is 24.1 Å². The van der Waals surface area contributed by atoms with E-state index in [9.17, 15) is 4.79 Å². The van der Waals surface area contributed by atoms with Gasteiger partial charge in [-0.25, -0.2) is 0 Å². The summed E-state index contributed by atoms with van der Waals surface area (Å²) in [5.41, 5.74) is 0.879. The van der Waals surface area contributed by atoms with Crippen LogP contribution in [0.1, 0.15) is 45.1 Å². The SMILES string of the molecule is CC(C(=O)N(C)C1CCCCC1)n1nnc(-c2ccc(Br)cc2)n1. The van der Waals surface area contributed by atoms with Gasteiger partial charge in [0.2, 0.25) is 11.7 Å². The van der Waals surface area contributed by atoms with Crippen molar-refractivity contribution in [3.8, 4) is 11.4 Å². The Labute approximate surface area is 150 Å². The molecule has 1 atom stereocenters. The van der Waals surface area contributed by atoms with Crippen LogP contribution >= 0.6 is 15.9 Å². The average Bonchev–Trinajstić information content (AvgIpc) is 3.11. The van der Waals surface area contributed by atoms with Crippen LogP contribution in [0.25, 0.3) is 11.4 Å². The normalized spacial score (nSPS) is 16.8. The minimum Gasteiger partial charge on any atom is -0.341 e. The minimum atomic E-state index is -0.450. The molecule has 7 heteroatoms. The first-order chi connectivity index (χ1) is 11.6. The molecule has 1 unspecified atom stereocenters. The summed E-state index contributed by atoms with van der Waals surface area (Å²) in [4.78, 5) is 16.0. The van der Waals surface area contributed by atoms with Gasteiger partial charge in [-0.2, -0.15) is 4.80 Å². The van der Waals surface area contributed by atoms with E-state index in [4.69, 9.17) is 0 Å². The summed E-state index contributed by atoms with van der Waals surface area (Å²) >= 11 is 3.41. The molecule has 1 amide bonds. The molecule has 0 bridgehead atoms. The molecule has 1 fully saturated rings. The largest absolute Gasteiger partial charge is 0.341 e. The quantitative estimate of drug-likeness (QED) is 0.800. The van der Waals surface area contributed by atoms with E-state index in [-0.39, 0.29) is 5.91 Å². The summed E-state index contributed by atoms with van der Waals surface area (Å²) in [6, 6.07) is 7.60. The van der Waals surface area contributed by atoms with Gasteiger partial charge in [-0.3, -0.25) is 4.79 Å². The van der Waals surface area contributed by atoms with Gasteiger partial charge in [0.15, 0.2) is 0 Å². The van der Waals surface area contributed by atoms with E-state index < -0.39 is 6.04 Å². The molecule has 1 aromatic heterocycles. The third kappa shape index (κ3) is 3.66. The Morgan fingerprint density at radius 2 is 1.92 bits per heavy atom. The van der Waals surface area contributed by atoms with Gasteiger partial charge in [-0.1, -0.05) is 35.2 Å². The fourth-order valence-electron chi connectivity index (χ4n) is 3.15. The van der Waals surface area contributed by atoms with Crippen molar-refractivity contribution < 1.29 is 4.79 Å². The molecular weight excluding hydrogens is 370 g/mol. The van der Waals surface area contributed by atoms with Gasteiger partial charge >= 0.3 is 0 Å². The van der Waals surface area contributed by atoms with Gasteiger partial charge in [-0.15, -0.1) is 10.2 Å². The maximum atomic E-state index is 12.7. The number of likely N-dealkylation sites (N-methyl/N-ethyl adjacent to an activating group) is 1. The van der Waals surface area contributed by atoms with E-state index in [0.29, 0.717) is 11.9 Å². The van der Waals surface area contributed by atoms with Crippen LogP contribution in [0.4, 0.5) is 0 Å². The van der Waals surface area contributed by atoms with Gasteiger partial charge in [-0.05, 0) is 49.2 Å². The molecule has 1 aromatic carbocycles. The minimum absolute atomic E-state index is 0.0432. The van der Waals surface area contributed by atoms with Gasteiger partial charge in [0.1, 0.15) is 6.04 Å². The number of benzene rings is 1. The molecule has 3 rings (SSSR count). The number of halogens is 1. The maximum absolute atomic E-state index is 12.7. The zero-order valence-corrected chi connectivity index (χ0v) is 15.6. The first-order valence-corrected chi connectivity index (χ1v) is 9.17. The standard InChI is InChI=1S/C17H22BrN5O/c1-12(17(24)22(2)15-6-4-3-5-7-15)23-20-16(19-21-23)13-8-10-14(18)11-9-13/h8-12,15H,3-7H2,1-2H3. The van der Waals surface area contributed by atoms with Crippen LogP contribution in [-0.2, 0) is 4.79 Å². The molecule has 1 aliphatic carbocycles. The van der Waals surface area contributed by atoms with Crippen LogP contribution in [0.5, 0.6) is 0 Å². The number of tetrazole rings is 1. The third-order valence-corrected chi connectivity index (χ3v) is 5.23. The van der Waals surface area contributed by atoms with Gasteiger partial charge < -0.3 is 4.90 Å². The summed E-state index contributed by atoms with van der Waals surface area (Å²) in [6.07, 6.45) is 5.85. The van der Waals surface area contributed by atoms with E-state index in [1.54, 1.807) is 0 Å². The highest BCUT2D eigenvalue weighted by Crippen LogP contribution is 2.24. The molecule has 1 saturated carbocycles. The molecule has 128 valence electrons. The lowest BCUT2D eigenvalue weighted by atomic mass is 9.94. The molecule has 0 aliphatic heterocycles. The first kappa shape index (κ1) is 17.1. The molecule has 2 aromatic rings. The summed E-state index contributed by atoms with van der Waals surface area (Å²) in [5.74, 6) is 0.573. The van der Waals surface area contributed by atoms with E-state index in [1.807, 2.05) is 43.1 Å². The highest BCUT2D eigenvalue weighted by atomic mass is 79.9. The predicted octanol–water partition coefficient (Wildman–Crippen LogP) is 3.45. The first-order valence-electron chi connectivity index (χ1n) is 8.38. The Balaban J connectivity index is 1.71. The number of hydrogen-bond acceptors (Lipinski definition) is 4. The second kappa shape index (κ2) is 7.42. The number of aromatic nitrogens is 4. The highest BCUT2D eigenvalue weighted by Gasteiger charge is 2.27. The Bertz CT molecular complexity index is 693. The van der Waals surface area contributed by atoms with Crippen LogP contribution in [0, 0.1) is 0 Å². The Morgan fingerprint density at radius 1 is 1.25 bits per heavy atom. The zero-order chi connectivity index (χ0) is 17.1. The number of carbonyl (C=O) groups is 1. The summed E-state index contributed by atoms with van der Waals surface area (Å²) in [5, 5.41) is 12.6. The lowest BCUT2D eigenvalue weighted by molar-refractivity contribution is -0.136. The van der Waals surface area contributed by atoms with Crippen LogP contribution < -0.4 is 0 Å². The molecule has 24 heavy (non-hydrogen) atoms. The molecule has 0 N–H and O–H groups in total. The number of amides is 1.